The maximum absolute atomic E-state index is 11.5. The zero-order valence-corrected chi connectivity index (χ0v) is 13.4. The van der Waals surface area contributed by atoms with Crippen LogP contribution in [0.3, 0.4) is 0 Å². The number of aryl methyl sites for hydroxylation is 2. The number of rotatable bonds is 4. The van der Waals surface area contributed by atoms with E-state index in [-0.39, 0.29) is 0 Å². The lowest BCUT2D eigenvalue weighted by atomic mass is 10.1. The average Bonchev–Trinajstić information content (AvgIpc) is 2.59. The first-order valence-electron chi connectivity index (χ1n) is 7.68. The quantitative estimate of drug-likeness (QED) is 0.586. The molecule has 0 heterocycles. The Kier molecular flexibility index (Phi) is 4.24. The van der Waals surface area contributed by atoms with Crippen LogP contribution in [0.25, 0.3) is 0 Å². The van der Waals surface area contributed by atoms with E-state index in [1.54, 1.807) is 0 Å². The van der Waals surface area contributed by atoms with Crippen molar-refractivity contribution < 1.29 is 4.79 Å². The molecule has 3 aromatic carbocycles. The summed E-state index contributed by atoms with van der Waals surface area (Å²) in [5, 5.41) is 0. The first kappa shape index (κ1) is 15.0. The van der Waals surface area contributed by atoms with Gasteiger partial charge in [-0.15, -0.1) is 0 Å². The topological polar surface area (TPSA) is 20.3 Å². The molecule has 0 amide bonds. The van der Waals surface area contributed by atoms with Crippen LogP contribution < -0.4 is 4.90 Å². The van der Waals surface area contributed by atoms with Crippen molar-refractivity contribution in [2.75, 3.05) is 4.90 Å². The van der Waals surface area contributed by atoms with Gasteiger partial charge in [0.25, 0.3) is 0 Å². The summed E-state index contributed by atoms with van der Waals surface area (Å²) in [6.07, 6.45) is 0.916. The minimum absolute atomic E-state index is 0.680. The molecule has 0 aliphatic rings. The molecule has 0 spiro atoms. The zero-order chi connectivity index (χ0) is 16.2. The summed E-state index contributed by atoms with van der Waals surface area (Å²) in [5.74, 6) is 0. The van der Waals surface area contributed by atoms with Crippen LogP contribution in [-0.4, -0.2) is 6.29 Å². The van der Waals surface area contributed by atoms with E-state index in [1.165, 1.54) is 0 Å². The monoisotopic (exact) mass is 301 g/mol. The van der Waals surface area contributed by atoms with E-state index in [4.69, 9.17) is 0 Å². The highest BCUT2D eigenvalue weighted by atomic mass is 16.1. The first-order chi connectivity index (χ1) is 11.2. The van der Waals surface area contributed by atoms with Crippen LogP contribution in [0.2, 0.25) is 0 Å². The normalized spacial score (nSPS) is 10.3. The maximum Gasteiger partial charge on any atom is 0.152 e. The molecule has 2 nitrogen and oxygen atoms in total. The minimum Gasteiger partial charge on any atom is -0.309 e. The molecule has 23 heavy (non-hydrogen) atoms. The summed E-state index contributed by atoms with van der Waals surface area (Å²) < 4.78 is 0. The van der Waals surface area contributed by atoms with Crippen molar-refractivity contribution in [1.82, 2.24) is 0 Å². The molecular formula is C21H19NO. The molecule has 0 bridgehead atoms. The molecule has 0 N–H and O–H groups in total. The third kappa shape index (κ3) is 2.88. The van der Waals surface area contributed by atoms with E-state index >= 15 is 0 Å². The molecule has 0 radical (unpaired) electrons. The molecule has 0 saturated heterocycles. The number of anilines is 3. The van der Waals surface area contributed by atoms with Gasteiger partial charge in [0.2, 0.25) is 0 Å². The van der Waals surface area contributed by atoms with Crippen LogP contribution >= 0.6 is 0 Å². The Morgan fingerprint density at radius 1 is 0.652 bits per heavy atom. The van der Waals surface area contributed by atoms with Crippen LogP contribution in [-0.2, 0) is 0 Å². The number of para-hydroxylation sites is 3. The third-order valence-electron chi connectivity index (χ3n) is 4.02. The Hall–Kier alpha value is -2.87. The van der Waals surface area contributed by atoms with Crippen molar-refractivity contribution in [2.45, 2.75) is 13.8 Å². The van der Waals surface area contributed by atoms with Crippen LogP contribution in [0.15, 0.2) is 72.8 Å². The highest BCUT2D eigenvalue weighted by molar-refractivity contribution is 5.91. The van der Waals surface area contributed by atoms with Crippen molar-refractivity contribution in [3.8, 4) is 0 Å². The Bertz CT molecular complexity index is 793. The van der Waals surface area contributed by atoms with Gasteiger partial charge in [-0.2, -0.15) is 0 Å². The van der Waals surface area contributed by atoms with E-state index in [0.717, 1.165) is 34.5 Å². The van der Waals surface area contributed by atoms with E-state index in [0.29, 0.717) is 5.56 Å². The van der Waals surface area contributed by atoms with Gasteiger partial charge in [0, 0.05) is 16.9 Å². The highest BCUT2D eigenvalue weighted by Crippen LogP contribution is 2.39. The van der Waals surface area contributed by atoms with E-state index < -0.39 is 0 Å². The number of benzene rings is 3. The fraction of sp³-hybridized carbons (Fsp3) is 0.0952. The Morgan fingerprint density at radius 3 is 1.57 bits per heavy atom. The van der Waals surface area contributed by atoms with Crippen molar-refractivity contribution >= 4 is 23.3 Å². The van der Waals surface area contributed by atoms with Crippen LogP contribution in [0.5, 0.6) is 0 Å². The van der Waals surface area contributed by atoms with E-state index in [1.807, 2.05) is 48.5 Å². The predicted molar refractivity (Wildman–Crippen MR) is 96.0 cm³/mol. The standard InChI is InChI=1S/C21H19NO/c1-16-9-3-6-12-19(16)22(20-13-7-4-10-17(20)2)21-14-8-5-11-18(21)15-23/h3-15H,1-2H3. The van der Waals surface area contributed by atoms with Crippen molar-refractivity contribution in [3.63, 3.8) is 0 Å². The summed E-state index contributed by atoms with van der Waals surface area (Å²) in [7, 11) is 0. The van der Waals surface area contributed by atoms with Gasteiger partial charge in [-0.3, -0.25) is 4.79 Å². The SMILES string of the molecule is Cc1ccccc1N(c1ccccc1C)c1ccccc1C=O. The second-order valence-electron chi connectivity index (χ2n) is 5.59. The predicted octanol–water partition coefficient (Wildman–Crippen LogP) is 5.59. The summed E-state index contributed by atoms with van der Waals surface area (Å²) in [5.41, 5.74) is 6.06. The average molecular weight is 301 g/mol. The number of hydrogen-bond acceptors (Lipinski definition) is 2. The van der Waals surface area contributed by atoms with Crippen molar-refractivity contribution in [3.05, 3.63) is 89.5 Å². The molecule has 0 saturated carbocycles. The Labute approximate surface area is 137 Å². The zero-order valence-electron chi connectivity index (χ0n) is 13.4. The van der Waals surface area contributed by atoms with Gasteiger partial charge in [0.1, 0.15) is 0 Å². The lowest BCUT2D eigenvalue weighted by Gasteiger charge is -2.29. The Morgan fingerprint density at radius 2 is 1.09 bits per heavy atom. The fourth-order valence-electron chi connectivity index (χ4n) is 2.81. The van der Waals surface area contributed by atoms with Crippen LogP contribution in [0.4, 0.5) is 17.1 Å². The molecule has 0 unspecified atom stereocenters. The van der Waals surface area contributed by atoms with Gasteiger partial charge < -0.3 is 4.90 Å². The van der Waals surface area contributed by atoms with Gasteiger partial charge in [-0.05, 0) is 49.2 Å². The third-order valence-corrected chi connectivity index (χ3v) is 4.02. The van der Waals surface area contributed by atoms with Crippen LogP contribution in [0.1, 0.15) is 21.5 Å². The summed E-state index contributed by atoms with van der Waals surface area (Å²) in [4.78, 5) is 13.7. The second-order valence-corrected chi connectivity index (χ2v) is 5.59. The molecule has 0 fully saturated rings. The smallest absolute Gasteiger partial charge is 0.152 e. The van der Waals surface area contributed by atoms with E-state index in [9.17, 15) is 4.79 Å². The molecule has 2 heteroatoms. The second kappa shape index (κ2) is 6.49. The molecular weight excluding hydrogens is 282 g/mol. The van der Waals surface area contributed by atoms with Crippen molar-refractivity contribution in [1.29, 1.82) is 0 Å². The number of aldehydes is 1. The fourth-order valence-corrected chi connectivity index (χ4v) is 2.81. The molecule has 3 aromatic rings. The van der Waals surface area contributed by atoms with Gasteiger partial charge in [0.05, 0.1) is 5.69 Å². The maximum atomic E-state index is 11.5. The Balaban J connectivity index is 2.29. The highest BCUT2D eigenvalue weighted by Gasteiger charge is 2.18. The van der Waals surface area contributed by atoms with Crippen LogP contribution in [0, 0.1) is 13.8 Å². The van der Waals surface area contributed by atoms with Crippen molar-refractivity contribution in [2.24, 2.45) is 0 Å². The summed E-state index contributed by atoms with van der Waals surface area (Å²) in [6, 6.07) is 24.2. The molecule has 0 aliphatic heterocycles. The largest absolute Gasteiger partial charge is 0.309 e. The number of nitrogens with zero attached hydrogens (tertiary/aromatic N) is 1. The van der Waals surface area contributed by atoms with Gasteiger partial charge in [-0.1, -0.05) is 48.5 Å². The summed E-state index contributed by atoms with van der Waals surface area (Å²) >= 11 is 0. The van der Waals surface area contributed by atoms with Gasteiger partial charge >= 0.3 is 0 Å². The lowest BCUT2D eigenvalue weighted by molar-refractivity contribution is 0.112. The molecule has 114 valence electrons. The lowest BCUT2D eigenvalue weighted by Crippen LogP contribution is -2.14. The molecule has 0 aliphatic carbocycles. The number of hydrogen-bond donors (Lipinski definition) is 0. The van der Waals surface area contributed by atoms with Gasteiger partial charge in [0.15, 0.2) is 6.29 Å². The first-order valence-corrected chi connectivity index (χ1v) is 7.68. The van der Waals surface area contributed by atoms with Gasteiger partial charge in [-0.25, -0.2) is 0 Å². The van der Waals surface area contributed by atoms with E-state index in [2.05, 4.69) is 43.0 Å². The summed E-state index contributed by atoms with van der Waals surface area (Å²) in [6.45, 7) is 4.17. The number of carbonyl (C=O) groups is 1. The minimum atomic E-state index is 0.680. The molecule has 0 atom stereocenters. The molecule has 0 aromatic heterocycles. The number of carbonyl (C=O) groups excluding carboxylic acids is 1. The molecule has 3 rings (SSSR count).